The van der Waals surface area contributed by atoms with Gasteiger partial charge < -0.3 is 10.4 Å². The third kappa shape index (κ3) is 4.27. The molecule has 0 atom stereocenters. The van der Waals surface area contributed by atoms with Crippen molar-refractivity contribution in [2.24, 2.45) is 0 Å². The fourth-order valence-electron chi connectivity index (χ4n) is 1.69. The minimum Gasteiger partial charge on any atom is -0.480 e. The number of aliphatic carboxylic acids is 1. The summed E-state index contributed by atoms with van der Waals surface area (Å²) in [6.45, 7) is 7.17. The average Bonchev–Trinajstić information content (AvgIpc) is 2.38. The molecule has 0 radical (unpaired) electrons. The first-order valence-electron chi connectivity index (χ1n) is 6.53. The lowest BCUT2D eigenvalue weighted by molar-refractivity contribution is -0.138. The van der Waals surface area contributed by atoms with Crippen LogP contribution in [-0.2, 0) is 16.0 Å². The van der Waals surface area contributed by atoms with E-state index in [9.17, 15) is 9.59 Å². The van der Waals surface area contributed by atoms with E-state index >= 15 is 0 Å². The van der Waals surface area contributed by atoms with Crippen molar-refractivity contribution in [2.45, 2.75) is 38.9 Å². The molecule has 0 unspecified atom stereocenters. The molecule has 4 nitrogen and oxygen atoms in total. The van der Waals surface area contributed by atoms with Gasteiger partial charge in [0, 0.05) is 5.69 Å². The quantitative estimate of drug-likeness (QED) is 0.846. The lowest BCUT2D eigenvalue weighted by Crippen LogP contribution is -2.30. The molecule has 110 valence electrons. The maximum absolute atomic E-state index is 12.0. The molecule has 0 aliphatic heterocycles. The smallest absolute Gasteiger partial charge is 0.319 e. The molecular formula is C15H21NO3S. The first kappa shape index (κ1) is 16.6. The van der Waals surface area contributed by atoms with Crippen molar-refractivity contribution < 1.29 is 14.7 Å². The van der Waals surface area contributed by atoms with E-state index in [1.165, 1.54) is 0 Å². The number of nitrogens with one attached hydrogen (secondary N) is 1. The highest BCUT2D eigenvalue weighted by Crippen LogP contribution is 2.26. The molecular weight excluding hydrogens is 274 g/mol. The van der Waals surface area contributed by atoms with Gasteiger partial charge in [-0.15, -0.1) is 11.8 Å². The summed E-state index contributed by atoms with van der Waals surface area (Å²) in [5, 5.41) is 11.9. The number of hydrogen-bond donors (Lipinski definition) is 2. The van der Waals surface area contributed by atoms with Crippen LogP contribution in [0.5, 0.6) is 0 Å². The molecule has 5 heteroatoms. The highest BCUT2D eigenvalue weighted by Gasteiger charge is 2.28. The zero-order valence-electron chi connectivity index (χ0n) is 12.3. The van der Waals surface area contributed by atoms with Crippen molar-refractivity contribution in [3.05, 3.63) is 29.3 Å². The highest BCUT2D eigenvalue weighted by atomic mass is 32.2. The fourth-order valence-corrected chi connectivity index (χ4v) is 2.37. The summed E-state index contributed by atoms with van der Waals surface area (Å²) in [7, 11) is 0. The van der Waals surface area contributed by atoms with Gasteiger partial charge >= 0.3 is 5.97 Å². The van der Waals surface area contributed by atoms with E-state index in [1.54, 1.807) is 13.8 Å². The van der Waals surface area contributed by atoms with Gasteiger partial charge in [0.25, 0.3) is 0 Å². The third-order valence-electron chi connectivity index (χ3n) is 3.08. The molecule has 0 saturated carbocycles. The van der Waals surface area contributed by atoms with Gasteiger partial charge in [0.15, 0.2) is 0 Å². The maximum atomic E-state index is 12.0. The molecule has 0 bridgehead atoms. The Kier molecular flexibility index (Phi) is 5.62. The van der Waals surface area contributed by atoms with Gasteiger partial charge in [0.05, 0.1) is 5.75 Å². The van der Waals surface area contributed by atoms with Gasteiger partial charge in [-0.1, -0.05) is 25.1 Å². The van der Waals surface area contributed by atoms with E-state index in [-0.39, 0.29) is 11.7 Å². The van der Waals surface area contributed by atoms with Crippen LogP contribution in [0.15, 0.2) is 18.2 Å². The topological polar surface area (TPSA) is 66.4 Å². The third-order valence-corrected chi connectivity index (χ3v) is 4.39. The Hall–Kier alpha value is -1.49. The number of carbonyl (C=O) groups is 2. The lowest BCUT2D eigenvalue weighted by atomic mass is 10.1. The number of carboxylic acid groups (broad SMARTS) is 1. The molecule has 0 aromatic heterocycles. The first-order chi connectivity index (χ1) is 9.27. The van der Waals surface area contributed by atoms with Gasteiger partial charge in [0.1, 0.15) is 4.75 Å². The van der Waals surface area contributed by atoms with Crippen molar-refractivity contribution in [3.63, 3.8) is 0 Å². The number of rotatable bonds is 6. The number of para-hydroxylation sites is 1. The average molecular weight is 295 g/mol. The summed E-state index contributed by atoms with van der Waals surface area (Å²) < 4.78 is -0.962. The summed E-state index contributed by atoms with van der Waals surface area (Å²) in [5.74, 6) is -0.967. The maximum Gasteiger partial charge on any atom is 0.319 e. The second-order valence-electron chi connectivity index (χ2n) is 5.11. The van der Waals surface area contributed by atoms with Crippen molar-refractivity contribution in [1.29, 1.82) is 0 Å². The Morgan fingerprint density at radius 1 is 1.35 bits per heavy atom. The Labute approximate surface area is 124 Å². The Bertz CT molecular complexity index is 512. The number of hydrogen-bond acceptors (Lipinski definition) is 3. The highest BCUT2D eigenvalue weighted by molar-refractivity contribution is 8.02. The lowest BCUT2D eigenvalue weighted by Gasteiger charge is -2.18. The standard InChI is InChI=1S/C15H21NO3S/c1-5-11-8-6-7-10(2)13(11)16-12(17)9-20-15(3,4)14(18)19/h6-8H,5,9H2,1-4H3,(H,16,17)(H,18,19). The van der Waals surface area contributed by atoms with Crippen LogP contribution in [-0.4, -0.2) is 27.5 Å². The monoisotopic (exact) mass is 295 g/mol. The molecule has 0 fully saturated rings. The van der Waals surface area contributed by atoms with Crippen LogP contribution in [0.25, 0.3) is 0 Å². The van der Waals surface area contributed by atoms with Crippen LogP contribution in [0.1, 0.15) is 31.9 Å². The van der Waals surface area contributed by atoms with Crippen LogP contribution in [0.4, 0.5) is 5.69 Å². The number of anilines is 1. The van der Waals surface area contributed by atoms with Crippen molar-refractivity contribution in [3.8, 4) is 0 Å². The number of carboxylic acids is 1. The predicted molar refractivity (Wildman–Crippen MR) is 83.4 cm³/mol. The molecule has 0 saturated heterocycles. The number of amides is 1. The Balaban J connectivity index is 2.71. The molecule has 1 amide bonds. The van der Waals surface area contributed by atoms with Gasteiger partial charge in [-0.05, 0) is 38.3 Å². The summed E-state index contributed by atoms with van der Waals surface area (Å²) in [6, 6.07) is 5.89. The summed E-state index contributed by atoms with van der Waals surface area (Å²) in [6.07, 6.45) is 0.838. The summed E-state index contributed by atoms with van der Waals surface area (Å²) in [5.41, 5.74) is 2.94. The van der Waals surface area contributed by atoms with E-state index in [0.29, 0.717) is 0 Å². The van der Waals surface area contributed by atoms with E-state index in [0.717, 1.165) is 35.0 Å². The zero-order valence-corrected chi connectivity index (χ0v) is 13.1. The van der Waals surface area contributed by atoms with Crippen molar-refractivity contribution >= 4 is 29.3 Å². The molecule has 1 rings (SSSR count). The predicted octanol–water partition coefficient (Wildman–Crippen LogP) is 3.09. The molecule has 0 aliphatic carbocycles. The van der Waals surface area contributed by atoms with Gasteiger partial charge in [-0.25, -0.2) is 0 Å². The van der Waals surface area contributed by atoms with Crippen LogP contribution < -0.4 is 5.32 Å². The van der Waals surface area contributed by atoms with E-state index in [4.69, 9.17) is 5.11 Å². The van der Waals surface area contributed by atoms with Gasteiger partial charge in [-0.2, -0.15) is 0 Å². The van der Waals surface area contributed by atoms with E-state index in [1.807, 2.05) is 32.0 Å². The van der Waals surface area contributed by atoms with E-state index < -0.39 is 10.7 Å². The number of thioether (sulfide) groups is 1. The zero-order chi connectivity index (χ0) is 15.3. The first-order valence-corrected chi connectivity index (χ1v) is 7.52. The molecule has 0 spiro atoms. The van der Waals surface area contributed by atoms with Crippen LogP contribution >= 0.6 is 11.8 Å². The molecule has 1 aromatic carbocycles. The van der Waals surface area contributed by atoms with Gasteiger partial charge in [0.2, 0.25) is 5.91 Å². The fraction of sp³-hybridized carbons (Fsp3) is 0.467. The van der Waals surface area contributed by atoms with E-state index in [2.05, 4.69) is 5.32 Å². The second-order valence-corrected chi connectivity index (χ2v) is 6.71. The van der Waals surface area contributed by atoms with Crippen molar-refractivity contribution in [1.82, 2.24) is 0 Å². The normalized spacial score (nSPS) is 11.2. The summed E-state index contributed by atoms with van der Waals surface area (Å²) >= 11 is 1.12. The van der Waals surface area contributed by atoms with Crippen LogP contribution in [0.3, 0.4) is 0 Å². The minimum absolute atomic E-state index is 0.122. The molecule has 20 heavy (non-hydrogen) atoms. The molecule has 2 N–H and O–H groups in total. The Morgan fingerprint density at radius 2 is 2.00 bits per heavy atom. The van der Waals surface area contributed by atoms with Crippen LogP contribution in [0.2, 0.25) is 0 Å². The minimum atomic E-state index is -0.962. The summed E-state index contributed by atoms with van der Waals surface area (Å²) in [4.78, 5) is 23.0. The largest absolute Gasteiger partial charge is 0.480 e. The molecule has 1 aromatic rings. The SMILES string of the molecule is CCc1cccc(C)c1NC(=O)CSC(C)(C)C(=O)O. The van der Waals surface area contributed by atoms with Crippen LogP contribution in [0, 0.1) is 6.92 Å². The Morgan fingerprint density at radius 3 is 2.55 bits per heavy atom. The van der Waals surface area contributed by atoms with Crippen molar-refractivity contribution in [2.75, 3.05) is 11.1 Å². The number of benzene rings is 1. The van der Waals surface area contributed by atoms with Gasteiger partial charge in [-0.3, -0.25) is 9.59 Å². The number of aryl methyl sites for hydroxylation is 2. The second kappa shape index (κ2) is 6.79. The molecule has 0 heterocycles. The number of carbonyl (C=O) groups excluding carboxylic acids is 1. The molecule has 0 aliphatic rings.